The molecule has 0 saturated heterocycles. The molecule has 0 unspecified atom stereocenters. The molecule has 0 amide bonds. The van der Waals surface area contributed by atoms with E-state index < -0.39 is 21.1 Å². The number of methoxy groups -OCH3 is 1. The average Bonchev–Trinajstić information content (AvgIpc) is 3.02. The Morgan fingerprint density at radius 3 is 2.52 bits per heavy atom. The Bertz CT molecular complexity index is 1110. The molecule has 144 valence electrons. The topological polar surface area (TPSA) is 61.2 Å². The van der Waals surface area contributed by atoms with Crippen molar-refractivity contribution in [2.75, 3.05) is 7.11 Å². The molecule has 3 rings (SSSR count). The van der Waals surface area contributed by atoms with Crippen LogP contribution in [-0.2, 0) is 10.0 Å². The number of rotatable bonds is 5. The van der Waals surface area contributed by atoms with Crippen LogP contribution in [0.4, 0.5) is 4.39 Å². The van der Waals surface area contributed by atoms with Gasteiger partial charge in [0.1, 0.15) is 11.6 Å². The van der Waals surface area contributed by atoms with E-state index >= 15 is 0 Å². The number of hydrogen-bond donors (Lipinski definition) is 0. The van der Waals surface area contributed by atoms with Gasteiger partial charge in [0.15, 0.2) is 5.65 Å². The van der Waals surface area contributed by atoms with Gasteiger partial charge in [-0.2, -0.15) is 0 Å². The third-order valence-electron chi connectivity index (χ3n) is 4.74. The number of fused-ring (bicyclic) bond motifs is 1. The van der Waals surface area contributed by atoms with Crippen LogP contribution < -0.4 is 4.74 Å². The second kappa shape index (κ2) is 7.13. The van der Waals surface area contributed by atoms with Gasteiger partial charge in [-0.25, -0.2) is 21.8 Å². The summed E-state index contributed by atoms with van der Waals surface area (Å²) in [5.74, 6) is -0.261. The molecule has 2 aromatic heterocycles. The SMILES string of the molecule is COc1cc(F)ccc1-c1cn(S(=O)(=O)[C@@H](C)C(C)C)c2nccc(Cl)c12. The van der Waals surface area contributed by atoms with Gasteiger partial charge in [-0.3, -0.25) is 0 Å². The van der Waals surface area contributed by atoms with E-state index in [4.69, 9.17) is 16.3 Å². The van der Waals surface area contributed by atoms with Gasteiger partial charge in [0, 0.05) is 35.0 Å². The molecule has 0 aliphatic carbocycles. The molecule has 3 aromatic rings. The average molecular weight is 411 g/mol. The predicted octanol–water partition coefficient (Wildman–Crippen LogP) is 4.73. The maximum absolute atomic E-state index is 13.6. The minimum absolute atomic E-state index is 0.0876. The van der Waals surface area contributed by atoms with E-state index in [1.165, 1.54) is 37.7 Å². The fraction of sp³-hybridized carbons (Fsp3) is 0.316. The Morgan fingerprint density at radius 1 is 1.19 bits per heavy atom. The molecular formula is C19H20ClFN2O3S. The molecular weight excluding hydrogens is 391 g/mol. The van der Waals surface area contributed by atoms with Crippen molar-refractivity contribution in [3.05, 3.63) is 47.5 Å². The summed E-state index contributed by atoms with van der Waals surface area (Å²) in [5.41, 5.74) is 1.28. The first-order chi connectivity index (χ1) is 12.7. The number of aromatic nitrogens is 2. The normalized spacial score (nSPS) is 13.3. The van der Waals surface area contributed by atoms with Crippen molar-refractivity contribution in [3.8, 4) is 16.9 Å². The summed E-state index contributed by atoms with van der Waals surface area (Å²) in [6, 6.07) is 5.66. The standard InChI is InChI=1S/C19H20ClFN2O3S/c1-11(2)12(3)27(24,25)23-10-15(18-16(20)7-8-22-19(18)23)14-6-5-13(21)9-17(14)26-4/h5-12H,1-4H3/t12-/m0/s1. The highest BCUT2D eigenvalue weighted by molar-refractivity contribution is 7.90. The van der Waals surface area contributed by atoms with E-state index in [0.29, 0.717) is 21.5 Å². The smallest absolute Gasteiger partial charge is 0.243 e. The van der Waals surface area contributed by atoms with Gasteiger partial charge in [0.05, 0.1) is 17.4 Å². The zero-order valence-corrected chi connectivity index (χ0v) is 17.0. The lowest BCUT2D eigenvalue weighted by molar-refractivity contribution is 0.413. The van der Waals surface area contributed by atoms with Gasteiger partial charge in [0.2, 0.25) is 10.0 Å². The molecule has 0 aliphatic rings. The molecule has 0 N–H and O–H groups in total. The molecule has 0 fully saturated rings. The molecule has 0 saturated carbocycles. The highest BCUT2D eigenvalue weighted by atomic mass is 35.5. The Hall–Kier alpha value is -2.12. The van der Waals surface area contributed by atoms with E-state index in [2.05, 4.69) is 4.98 Å². The summed E-state index contributed by atoms with van der Waals surface area (Å²) >= 11 is 6.38. The maximum Gasteiger partial charge on any atom is 0.243 e. The molecule has 27 heavy (non-hydrogen) atoms. The summed E-state index contributed by atoms with van der Waals surface area (Å²) in [5, 5.41) is 0.202. The van der Waals surface area contributed by atoms with Crippen LogP contribution in [0, 0.1) is 11.7 Å². The largest absolute Gasteiger partial charge is 0.496 e. The minimum Gasteiger partial charge on any atom is -0.496 e. The van der Waals surface area contributed by atoms with Crippen LogP contribution in [0.2, 0.25) is 5.02 Å². The Morgan fingerprint density at radius 2 is 1.89 bits per heavy atom. The van der Waals surface area contributed by atoms with Crippen LogP contribution >= 0.6 is 11.6 Å². The fourth-order valence-electron chi connectivity index (χ4n) is 2.90. The Kier molecular flexibility index (Phi) is 5.18. The lowest BCUT2D eigenvalue weighted by Crippen LogP contribution is -2.29. The van der Waals surface area contributed by atoms with Gasteiger partial charge in [-0.05, 0) is 31.0 Å². The first-order valence-electron chi connectivity index (χ1n) is 8.42. The second-order valence-corrected chi connectivity index (χ2v) is 9.24. The van der Waals surface area contributed by atoms with Crippen molar-refractivity contribution in [2.45, 2.75) is 26.0 Å². The minimum atomic E-state index is -3.72. The highest BCUT2D eigenvalue weighted by Gasteiger charge is 2.30. The number of nitrogens with zero attached hydrogens (tertiary/aromatic N) is 2. The number of hydrogen-bond acceptors (Lipinski definition) is 4. The van der Waals surface area contributed by atoms with Crippen molar-refractivity contribution in [1.82, 2.24) is 8.96 Å². The predicted molar refractivity (Wildman–Crippen MR) is 105 cm³/mol. The van der Waals surface area contributed by atoms with Gasteiger partial charge in [-0.1, -0.05) is 25.4 Å². The molecule has 8 heteroatoms. The molecule has 1 atom stereocenters. The molecule has 5 nitrogen and oxygen atoms in total. The van der Waals surface area contributed by atoms with E-state index in [0.717, 1.165) is 3.97 Å². The van der Waals surface area contributed by atoms with Crippen LogP contribution in [0.15, 0.2) is 36.7 Å². The third kappa shape index (κ3) is 3.30. The number of halogens is 2. The molecule has 0 radical (unpaired) electrons. The van der Waals surface area contributed by atoms with Crippen LogP contribution in [0.1, 0.15) is 20.8 Å². The maximum atomic E-state index is 13.6. The van der Waals surface area contributed by atoms with Gasteiger partial charge < -0.3 is 4.74 Å². The Labute approximate surface area is 162 Å². The quantitative estimate of drug-likeness (QED) is 0.610. The zero-order chi connectivity index (χ0) is 19.9. The lowest BCUT2D eigenvalue weighted by Gasteiger charge is -2.17. The van der Waals surface area contributed by atoms with Crippen molar-refractivity contribution < 1.29 is 17.5 Å². The summed E-state index contributed by atoms with van der Waals surface area (Å²) in [7, 11) is -2.29. The molecule has 0 bridgehead atoms. The van der Waals surface area contributed by atoms with Crippen LogP contribution in [0.3, 0.4) is 0 Å². The van der Waals surface area contributed by atoms with Crippen molar-refractivity contribution >= 4 is 32.7 Å². The zero-order valence-electron chi connectivity index (χ0n) is 15.4. The van der Waals surface area contributed by atoms with Crippen LogP contribution in [0.5, 0.6) is 5.75 Å². The monoisotopic (exact) mass is 410 g/mol. The van der Waals surface area contributed by atoms with Gasteiger partial charge >= 0.3 is 0 Å². The number of pyridine rings is 1. The number of ether oxygens (including phenoxy) is 1. The molecule has 2 heterocycles. The lowest BCUT2D eigenvalue weighted by atomic mass is 10.0. The Balaban J connectivity index is 2.38. The fourth-order valence-corrected chi connectivity index (χ4v) is 4.82. The van der Waals surface area contributed by atoms with E-state index in [1.807, 2.05) is 13.8 Å². The summed E-state index contributed by atoms with van der Waals surface area (Å²) in [6.45, 7) is 5.35. The van der Waals surface area contributed by atoms with Crippen LogP contribution in [-0.4, -0.2) is 29.7 Å². The van der Waals surface area contributed by atoms with Gasteiger partial charge in [-0.15, -0.1) is 0 Å². The van der Waals surface area contributed by atoms with Crippen molar-refractivity contribution in [3.63, 3.8) is 0 Å². The molecule has 0 spiro atoms. The summed E-state index contributed by atoms with van der Waals surface area (Å²) in [4.78, 5) is 4.25. The highest BCUT2D eigenvalue weighted by Crippen LogP contribution is 2.40. The van der Waals surface area contributed by atoms with Crippen LogP contribution in [0.25, 0.3) is 22.2 Å². The van der Waals surface area contributed by atoms with E-state index in [9.17, 15) is 12.8 Å². The number of benzene rings is 1. The second-order valence-electron chi connectivity index (χ2n) is 6.67. The van der Waals surface area contributed by atoms with Crippen molar-refractivity contribution in [1.29, 1.82) is 0 Å². The van der Waals surface area contributed by atoms with Crippen molar-refractivity contribution in [2.24, 2.45) is 5.92 Å². The first-order valence-corrected chi connectivity index (χ1v) is 10.3. The molecule has 0 aliphatic heterocycles. The molecule has 1 aromatic carbocycles. The van der Waals surface area contributed by atoms with Gasteiger partial charge in [0.25, 0.3) is 0 Å². The third-order valence-corrected chi connectivity index (χ3v) is 7.37. The van der Waals surface area contributed by atoms with E-state index in [1.54, 1.807) is 13.0 Å². The summed E-state index contributed by atoms with van der Waals surface area (Å²) < 4.78 is 46.3. The first kappa shape index (κ1) is 19.6. The van der Waals surface area contributed by atoms with E-state index in [-0.39, 0.29) is 17.3 Å². The summed E-state index contributed by atoms with van der Waals surface area (Å²) in [6.07, 6.45) is 2.94.